The van der Waals surface area contributed by atoms with Gasteiger partial charge in [-0.15, -0.1) is 0 Å². The minimum Gasteiger partial charge on any atom is -0.473 e. The Morgan fingerprint density at radius 1 is 1.09 bits per heavy atom. The molecule has 0 bridgehead atoms. The molecule has 0 atom stereocenters. The van der Waals surface area contributed by atoms with Crippen molar-refractivity contribution in [3.8, 4) is 5.88 Å². The Morgan fingerprint density at radius 2 is 1.82 bits per heavy atom. The predicted octanol–water partition coefficient (Wildman–Crippen LogP) is 5.51. The highest BCUT2D eigenvalue weighted by atomic mass is 19.1. The molecule has 2 fully saturated rings. The third-order valence-corrected chi connectivity index (χ3v) is 5.97. The molecule has 2 heterocycles. The van der Waals surface area contributed by atoms with Crippen molar-refractivity contribution < 1.29 is 23.5 Å². The number of hydrogen-bond donors (Lipinski definition) is 0. The van der Waals surface area contributed by atoms with E-state index in [9.17, 15) is 14.0 Å². The molecule has 4 rings (SSSR count). The van der Waals surface area contributed by atoms with Crippen LogP contribution >= 0.6 is 0 Å². The highest BCUT2D eigenvalue weighted by Crippen LogP contribution is 2.33. The first-order valence-electron chi connectivity index (χ1n) is 11.6. The summed E-state index contributed by atoms with van der Waals surface area (Å²) in [4.78, 5) is 30.7. The smallest absolute Gasteiger partial charge is 0.410 e. The van der Waals surface area contributed by atoms with Gasteiger partial charge in [0, 0.05) is 47.8 Å². The number of rotatable bonds is 6. The summed E-state index contributed by atoms with van der Waals surface area (Å²) in [5.41, 5.74) is 1.22. The van der Waals surface area contributed by atoms with Crippen LogP contribution in [-0.2, 0) is 11.3 Å². The third-order valence-electron chi connectivity index (χ3n) is 5.97. The van der Waals surface area contributed by atoms with E-state index >= 15 is 0 Å². The van der Waals surface area contributed by atoms with Gasteiger partial charge >= 0.3 is 6.09 Å². The van der Waals surface area contributed by atoms with Crippen LogP contribution in [0.3, 0.4) is 0 Å². The van der Waals surface area contributed by atoms with E-state index in [2.05, 4.69) is 4.98 Å². The van der Waals surface area contributed by atoms with E-state index in [4.69, 9.17) is 9.47 Å². The van der Waals surface area contributed by atoms with Crippen molar-refractivity contribution in [1.29, 1.82) is 0 Å². The SMILES string of the molecule is CC(C)(C)OC(=O)N1CCC(c2cccc(OCc3ccc(C(=O)C4CC4)cc3F)n2)CC1. The number of amides is 1. The van der Waals surface area contributed by atoms with Crippen molar-refractivity contribution in [1.82, 2.24) is 9.88 Å². The van der Waals surface area contributed by atoms with Crippen molar-refractivity contribution >= 4 is 11.9 Å². The first-order chi connectivity index (χ1) is 15.7. The lowest BCUT2D eigenvalue weighted by molar-refractivity contribution is 0.0203. The average Bonchev–Trinajstić information content (AvgIpc) is 3.62. The molecule has 1 aromatic carbocycles. The topological polar surface area (TPSA) is 68.7 Å². The van der Waals surface area contributed by atoms with Crippen molar-refractivity contribution in [2.75, 3.05) is 13.1 Å². The Morgan fingerprint density at radius 3 is 2.45 bits per heavy atom. The maximum atomic E-state index is 14.5. The molecule has 0 spiro atoms. The van der Waals surface area contributed by atoms with Crippen molar-refractivity contribution in [2.24, 2.45) is 5.92 Å². The standard InChI is InChI=1S/C26H31FN2O4/c1-26(2,3)33-25(31)29-13-11-17(12-14-29)22-5-4-6-23(28-22)32-16-20-10-9-19(15-21(20)27)24(30)18-7-8-18/h4-6,9-10,15,17-18H,7-8,11-14,16H2,1-3H3. The summed E-state index contributed by atoms with van der Waals surface area (Å²) in [6.45, 7) is 6.85. The van der Waals surface area contributed by atoms with E-state index in [1.165, 1.54) is 6.07 Å². The van der Waals surface area contributed by atoms with E-state index in [1.54, 1.807) is 23.1 Å². The normalized spacial score (nSPS) is 17.0. The Kier molecular flexibility index (Phi) is 6.68. The van der Waals surface area contributed by atoms with E-state index in [0.29, 0.717) is 30.1 Å². The van der Waals surface area contributed by atoms with Crippen LogP contribution in [0, 0.1) is 11.7 Å². The molecule has 1 aliphatic carbocycles. The van der Waals surface area contributed by atoms with Gasteiger partial charge in [0.1, 0.15) is 18.0 Å². The lowest BCUT2D eigenvalue weighted by atomic mass is 9.93. The fraction of sp³-hybridized carbons (Fsp3) is 0.500. The number of Topliss-reactive ketones (excluding diaryl/α,β-unsaturated/α-hetero) is 1. The van der Waals surface area contributed by atoms with E-state index < -0.39 is 11.4 Å². The molecule has 7 heteroatoms. The zero-order valence-electron chi connectivity index (χ0n) is 19.5. The number of aromatic nitrogens is 1. The summed E-state index contributed by atoms with van der Waals surface area (Å²) in [6.07, 6.45) is 3.10. The Balaban J connectivity index is 1.32. The van der Waals surface area contributed by atoms with Crippen LogP contribution in [0.2, 0.25) is 0 Å². The molecule has 2 aliphatic rings. The van der Waals surface area contributed by atoms with Crippen LogP contribution in [0.15, 0.2) is 36.4 Å². The van der Waals surface area contributed by atoms with E-state index in [1.807, 2.05) is 32.9 Å². The van der Waals surface area contributed by atoms with Gasteiger partial charge in [0.05, 0.1) is 0 Å². The number of hydrogen-bond acceptors (Lipinski definition) is 5. The molecule has 0 N–H and O–H groups in total. The van der Waals surface area contributed by atoms with Crippen LogP contribution in [0.25, 0.3) is 0 Å². The third kappa shape index (κ3) is 6.09. The minimum absolute atomic E-state index is 0.0217. The average molecular weight is 455 g/mol. The van der Waals surface area contributed by atoms with Crippen molar-refractivity contribution in [3.05, 3.63) is 59.0 Å². The molecule has 1 aliphatic heterocycles. The second-order valence-corrected chi connectivity index (χ2v) is 9.88. The number of ketones is 1. The fourth-order valence-electron chi connectivity index (χ4n) is 3.97. The first-order valence-corrected chi connectivity index (χ1v) is 11.6. The predicted molar refractivity (Wildman–Crippen MR) is 122 cm³/mol. The maximum absolute atomic E-state index is 14.5. The van der Waals surface area contributed by atoms with Gasteiger partial charge in [-0.1, -0.05) is 18.2 Å². The van der Waals surface area contributed by atoms with Gasteiger partial charge in [0.2, 0.25) is 5.88 Å². The first kappa shape index (κ1) is 23.2. The monoisotopic (exact) mass is 454 g/mol. The molecule has 176 valence electrons. The number of carbonyl (C=O) groups excluding carboxylic acids is 2. The molecule has 33 heavy (non-hydrogen) atoms. The number of benzene rings is 1. The molecule has 6 nitrogen and oxygen atoms in total. The number of halogens is 1. The van der Waals surface area contributed by atoms with E-state index in [0.717, 1.165) is 31.4 Å². The number of ether oxygens (including phenoxy) is 2. The number of pyridine rings is 1. The molecule has 1 saturated heterocycles. The summed E-state index contributed by atoms with van der Waals surface area (Å²) in [5.74, 6) is 0.298. The minimum atomic E-state index is -0.506. The van der Waals surface area contributed by atoms with E-state index in [-0.39, 0.29) is 30.3 Å². The largest absolute Gasteiger partial charge is 0.473 e. The van der Waals surface area contributed by atoms with Gasteiger partial charge in [0.25, 0.3) is 0 Å². The summed E-state index contributed by atoms with van der Waals surface area (Å²) < 4.78 is 25.7. The van der Waals surface area contributed by atoms with Gasteiger partial charge < -0.3 is 14.4 Å². The van der Waals surface area contributed by atoms with Crippen LogP contribution in [0.1, 0.15) is 74.0 Å². The Bertz CT molecular complexity index is 1020. The second-order valence-electron chi connectivity index (χ2n) is 9.88. The van der Waals surface area contributed by atoms with Gasteiger partial charge in [-0.25, -0.2) is 14.2 Å². The molecule has 0 unspecified atom stereocenters. The summed E-state index contributed by atoms with van der Waals surface area (Å²) in [6, 6.07) is 10.2. The van der Waals surface area contributed by atoms with Gasteiger partial charge in [-0.3, -0.25) is 4.79 Å². The lowest BCUT2D eigenvalue weighted by Crippen LogP contribution is -2.41. The fourth-order valence-corrected chi connectivity index (χ4v) is 3.97. The van der Waals surface area contributed by atoms with Gasteiger partial charge in [-0.2, -0.15) is 0 Å². The molecule has 2 aromatic rings. The molecule has 0 radical (unpaired) electrons. The molecule has 1 aromatic heterocycles. The van der Waals surface area contributed by atoms with Crippen LogP contribution in [-0.4, -0.2) is 40.5 Å². The number of nitrogens with zero attached hydrogens (tertiary/aromatic N) is 2. The number of piperidine rings is 1. The maximum Gasteiger partial charge on any atom is 0.410 e. The highest BCUT2D eigenvalue weighted by molar-refractivity contribution is 5.99. The quantitative estimate of drug-likeness (QED) is 0.539. The zero-order chi connectivity index (χ0) is 23.6. The number of likely N-dealkylation sites (tertiary alicyclic amines) is 1. The molecule has 1 amide bonds. The molecular formula is C26H31FN2O4. The van der Waals surface area contributed by atoms with Crippen LogP contribution < -0.4 is 4.74 Å². The zero-order valence-corrected chi connectivity index (χ0v) is 19.5. The van der Waals surface area contributed by atoms with Crippen molar-refractivity contribution in [2.45, 2.75) is 64.6 Å². The highest BCUT2D eigenvalue weighted by Gasteiger charge is 2.31. The van der Waals surface area contributed by atoms with Crippen LogP contribution in [0.5, 0.6) is 5.88 Å². The Hall–Kier alpha value is -2.96. The van der Waals surface area contributed by atoms with Crippen LogP contribution in [0.4, 0.5) is 9.18 Å². The summed E-state index contributed by atoms with van der Waals surface area (Å²) >= 11 is 0. The van der Waals surface area contributed by atoms with Gasteiger partial charge in [0.15, 0.2) is 5.78 Å². The van der Waals surface area contributed by atoms with Crippen molar-refractivity contribution in [3.63, 3.8) is 0 Å². The lowest BCUT2D eigenvalue weighted by Gasteiger charge is -2.33. The molecular weight excluding hydrogens is 423 g/mol. The molecule has 1 saturated carbocycles. The summed E-state index contributed by atoms with van der Waals surface area (Å²) in [7, 11) is 0. The second kappa shape index (κ2) is 9.49. The number of carbonyl (C=O) groups is 2. The van der Waals surface area contributed by atoms with Gasteiger partial charge in [-0.05, 0) is 58.6 Å². The Labute approximate surface area is 194 Å². The summed E-state index contributed by atoms with van der Waals surface area (Å²) in [5, 5.41) is 0.